The van der Waals surface area contributed by atoms with Crippen LogP contribution >= 0.6 is 11.6 Å². The molecule has 2 N–H and O–H groups in total. The van der Waals surface area contributed by atoms with Gasteiger partial charge in [-0.3, -0.25) is 9.59 Å². The predicted molar refractivity (Wildman–Crippen MR) is 116 cm³/mol. The van der Waals surface area contributed by atoms with Crippen LogP contribution in [0.1, 0.15) is 42.5 Å². The van der Waals surface area contributed by atoms with Crippen molar-refractivity contribution in [3.8, 4) is 0 Å². The van der Waals surface area contributed by atoms with Crippen molar-refractivity contribution in [2.75, 3.05) is 0 Å². The number of amides is 2. The summed E-state index contributed by atoms with van der Waals surface area (Å²) in [5.74, 6) is 0.00449. The Bertz CT molecular complexity index is 1080. The van der Waals surface area contributed by atoms with Crippen LogP contribution < -0.4 is 10.6 Å². The summed E-state index contributed by atoms with van der Waals surface area (Å²) in [7, 11) is 0. The summed E-state index contributed by atoms with van der Waals surface area (Å²) in [6.45, 7) is 2.40. The maximum absolute atomic E-state index is 12.5. The van der Waals surface area contributed by atoms with Crippen LogP contribution in [0.2, 0.25) is 5.02 Å². The fourth-order valence-electron chi connectivity index (χ4n) is 4.09. The minimum absolute atomic E-state index is 0.0413. The lowest BCUT2D eigenvalue weighted by Crippen LogP contribution is -2.44. The van der Waals surface area contributed by atoms with Gasteiger partial charge in [0.15, 0.2) is 0 Å². The van der Waals surface area contributed by atoms with Gasteiger partial charge in [-0.2, -0.15) is 0 Å². The Morgan fingerprint density at radius 2 is 2.10 bits per heavy atom. The summed E-state index contributed by atoms with van der Waals surface area (Å²) in [5, 5.41) is 6.76. The SMILES string of the molecule is Cc1cccn2cc(CNC(=O)CCC3(Cc4ccc(Cl)cc4)CCC(=O)N3)nc12. The molecule has 1 aliphatic heterocycles. The molecule has 30 heavy (non-hydrogen) atoms. The van der Waals surface area contributed by atoms with Crippen molar-refractivity contribution in [1.29, 1.82) is 0 Å². The highest BCUT2D eigenvalue weighted by molar-refractivity contribution is 6.30. The smallest absolute Gasteiger partial charge is 0.220 e. The topological polar surface area (TPSA) is 75.5 Å². The van der Waals surface area contributed by atoms with Gasteiger partial charge < -0.3 is 15.0 Å². The number of halogens is 1. The summed E-state index contributed by atoms with van der Waals surface area (Å²) < 4.78 is 1.96. The molecular formula is C23H25ClN4O2. The molecule has 7 heteroatoms. The highest BCUT2D eigenvalue weighted by atomic mass is 35.5. The van der Waals surface area contributed by atoms with E-state index in [9.17, 15) is 9.59 Å². The molecule has 1 aliphatic rings. The number of carbonyl (C=O) groups is 2. The molecule has 0 spiro atoms. The number of rotatable bonds is 7. The molecule has 1 unspecified atom stereocenters. The first-order valence-corrected chi connectivity index (χ1v) is 10.6. The first kappa shape index (κ1) is 20.4. The third-order valence-electron chi connectivity index (χ3n) is 5.72. The van der Waals surface area contributed by atoms with Gasteiger partial charge in [-0.25, -0.2) is 4.98 Å². The van der Waals surface area contributed by atoms with E-state index in [0.717, 1.165) is 28.9 Å². The molecule has 2 amide bonds. The highest BCUT2D eigenvalue weighted by Crippen LogP contribution is 2.30. The Morgan fingerprint density at radius 1 is 1.30 bits per heavy atom. The van der Waals surface area contributed by atoms with Crippen molar-refractivity contribution in [1.82, 2.24) is 20.0 Å². The fourth-order valence-corrected chi connectivity index (χ4v) is 4.22. The van der Waals surface area contributed by atoms with Crippen molar-refractivity contribution >= 4 is 29.1 Å². The molecule has 1 aromatic carbocycles. The Hall–Kier alpha value is -2.86. The number of carbonyl (C=O) groups excluding carboxylic acids is 2. The molecule has 1 atom stereocenters. The van der Waals surface area contributed by atoms with E-state index in [-0.39, 0.29) is 17.4 Å². The van der Waals surface area contributed by atoms with Crippen molar-refractivity contribution in [2.45, 2.75) is 51.1 Å². The zero-order valence-electron chi connectivity index (χ0n) is 17.0. The molecule has 6 nitrogen and oxygen atoms in total. The monoisotopic (exact) mass is 424 g/mol. The third kappa shape index (κ3) is 4.65. The fraction of sp³-hybridized carbons (Fsp3) is 0.348. The standard InChI is InChI=1S/C23H25ClN4O2/c1-16-3-2-12-28-15-19(26-22(16)28)14-25-20(29)8-10-23(11-9-21(30)27-23)13-17-4-6-18(24)7-5-17/h2-7,12,15H,8-11,13-14H2,1H3,(H,25,29)(H,27,30). The van der Waals surface area contributed by atoms with Crippen LogP contribution in [-0.4, -0.2) is 26.7 Å². The van der Waals surface area contributed by atoms with Gasteiger partial charge in [0.1, 0.15) is 5.65 Å². The van der Waals surface area contributed by atoms with E-state index in [0.29, 0.717) is 37.3 Å². The van der Waals surface area contributed by atoms with E-state index < -0.39 is 0 Å². The first-order valence-electron chi connectivity index (χ1n) is 10.2. The van der Waals surface area contributed by atoms with Crippen LogP contribution in [0.3, 0.4) is 0 Å². The minimum atomic E-state index is -0.386. The lowest BCUT2D eigenvalue weighted by atomic mass is 9.85. The number of benzene rings is 1. The Morgan fingerprint density at radius 3 is 2.80 bits per heavy atom. The van der Waals surface area contributed by atoms with E-state index in [2.05, 4.69) is 15.6 Å². The van der Waals surface area contributed by atoms with Crippen LogP contribution in [0.15, 0.2) is 48.8 Å². The Kier molecular flexibility index (Phi) is 5.77. The van der Waals surface area contributed by atoms with Gasteiger partial charge in [0, 0.05) is 35.8 Å². The first-order chi connectivity index (χ1) is 14.4. The van der Waals surface area contributed by atoms with Crippen molar-refractivity contribution < 1.29 is 9.59 Å². The summed E-state index contributed by atoms with van der Waals surface area (Å²) in [4.78, 5) is 29.0. The van der Waals surface area contributed by atoms with Crippen LogP contribution in [0.5, 0.6) is 0 Å². The lowest BCUT2D eigenvalue weighted by Gasteiger charge is -2.29. The summed E-state index contributed by atoms with van der Waals surface area (Å²) >= 11 is 5.98. The normalized spacial score (nSPS) is 18.5. The molecule has 0 bridgehead atoms. The average Bonchev–Trinajstić information content (AvgIpc) is 3.31. The molecule has 3 heterocycles. The van der Waals surface area contributed by atoms with Crippen LogP contribution in [0.25, 0.3) is 5.65 Å². The second kappa shape index (κ2) is 8.48. The van der Waals surface area contributed by atoms with Crippen molar-refractivity contribution in [3.05, 3.63) is 70.6 Å². The molecule has 3 aromatic rings. The van der Waals surface area contributed by atoms with Crippen LogP contribution in [-0.2, 0) is 22.6 Å². The molecule has 4 rings (SSSR count). The Labute approximate surface area is 180 Å². The predicted octanol–water partition coefficient (Wildman–Crippen LogP) is 3.58. The molecule has 156 valence electrons. The molecule has 0 radical (unpaired) electrons. The third-order valence-corrected chi connectivity index (χ3v) is 5.97. The zero-order chi connectivity index (χ0) is 21.1. The van der Waals surface area contributed by atoms with E-state index in [1.54, 1.807) is 0 Å². The molecule has 2 aromatic heterocycles. The van der Waals surface area contributed by atoms with E-state index in [1.165, 1.54) is 0 Å². The van der Waals surface area contributed by atoms with E-state index >= 15 is 0 Å². The zero-order valence-corrected chi connectivity index (χ0v) is 17.7. The quantitative estimate of drug-likeness (QED) is 0.608. The minimum Gasteiger partial charge on any atom is -0.350 e. The maximum atomic E-state index is 12.5. The van der Waals surface area contributed by atoms with Gasteiger partial charge in [0.05, 0.1) is 12.2 Å². The molecule has 0 saturated carbocycles. The highest BCUT2D eigenvalue weighted by Gasteiger charge is 2.37. The van der Waals surface area contributed by atoms with Crippen molar-refractivity contribution in [3.63, 3.8) is 0 Å². The summed E-state index contributed by atoms with van der Waals surface area (Å²) in [5.41, 5.74) is 3.53. The molecular weight excluding hydrogens is 400 g/mol. The number of aromatic nitrogens is 2. The molecule has 1 saturated heterocycles. The van der Waals surface area contributed by atoms with E-state index in [4.69, 9.17) is 11.6 Å². The molecule has 0 aliphatic carbocycles. The van der Waals surface area contributed by atoms with Gasteiger partial charge in [-0.15, -0.1) is 0 Å². The van der Waals surface area contributed by atoms with Gasteiger partial charge in [0.2, 0.25) is 11.8 Å². The number of hydrogen-bond acceptors (Lipinski definition) is 3. The second-order valence-electron chi connectivity index (χ2n) is 8.06. The second-order valence-corrected chi connectivity index (χ2v) is 8.50. The summed E-state index contributed by atoms with van der Waals surface area (Å²) in [6, 6.07) is 11.6. The van der Waals surface area contributed by atoms with Gasteiger partial charge in [-0.05, 0) is 55.5 Å². The Balaban J connectivity index is 1.35. The number of fused-ring (bicyclic) bond motifs is 1. The van der Waals surface area contributed by atoms with Gasteiger partial charge in [0.25, 0.3) is 0 Å². The average molecular weight is 425 g/mol. The van der Waals surface area contributed by atoms with Crippen molar-refractivity contribution in [2.24, 2.45) is 0 Å². The van der Waals surface area contributed by atoms with E-state index in [1.807, 2.05) is 60.1 Å². The number of nitrogens with zero attached hydrogens (tertiary/aromatic N) is 2. The number of hydrogen-bond donors (Lipinski definition) is 2. The molecule has 1 fully saturated rings. The number of imidazole rings is 1. The van der Waals surface area contributed by atoms with Gasteiger partial charge in [-0.1, -0.05) is 29.8 Å². The largest absolute Gasteiger partial charge is 0.350 e. The number of aryl methyl sites for hydroxylation is 1. The van der Waals surface area contributed by atoms with Gasteiger partial charge >= 0.3 is 0 Å². The van der Waals surface area contributed by atoms with Crippen LogP contribution in [0, 0.1) is 6.92 Å². The summed E-state index contributed by atoms with van der Waals surface area (Å²) in [6.07, 6.45) is 6.74. The lowest BCUT2D eigenvalue weighted by molar-refractivity contribution is -0.122. The number of pyridine rings is 1. The number of nitrogens with one attached hydrogen (secondary N) is 2. The maximum Gasteiger partial charge on any atom is 0.220 e. The van der Waals surface area contributed by atoms with Crippen LogP contribution in [0.4, 0.5) is 0 Å².